The van der Waals surface area contributed by atoms with Gasteiger partial charge in [-0.1, -0.05) is 67.8 Å². The van der Waals surface area contributed by atoms with Gasteiger partial charge >= 0.3 is 0 Å². The Morgan fingerprint density at radius 2 is 1.74 bits per heavy atom. The highest BCUT2D eigenvalue weighted by atomic mass is 16.2. The molecule has 1 amide bonds. The van der Waals surface area contributed by atoms with Crippen LogP contribution in [0.25, 0.3) is 0 Å². The highest BCUT2D eigenvalue weighted by Gasteiger charge is 2.57. The van der Waals surface area contributed by atoms with Crippen molar-refractivity contribution in [3.8, 4) is 0 Å². The third-order valence-corrected chi connectivity index (χ3v) is 10.1. The number of quaternary nitrogens is 2. The van der Waals surface area contributed by atoms with Gasteiger partial charge in [0.15, 0.2) is 0 Å². The summed E-state index contributed by atoms with van der Waals surface area (Å²) in [6, 6.07) is 18.3. The molecule has 2 aromatic rings. The van der Waals surface area contributed by atoms with E-state index in [2.05, 4.69) is 71.0 Å². The van der Waals surface area contributed by atoms with E-state index in [1.54, 1.807) is 0 Å². The number of nitrogens with zero attached hydrogens (tertiary/aromatic N) is 1. The van der Waals surface area contributed by atoms with E-state index in [1.165, 1.54) is 54.4 Å². The number of rotatable bonds is 3. The molecule has 186 valence electrons. The fourth-order valence-corrected chi connectivity index (χ4v) is 8.22. The Bertz CT molecular complexity index is 1050. The highest BCUT2D eigenvalue weighted by Crippen LogP contribution is 2.43. The zero-order valence-corrected chi connectivity index (χ0v) is 21.4. The highest BCUT2D eigenvalue weighted by molar-refractivity contribution is 5.82. The number of hydrogen-bond donors (Lipinski definition) is 2. The largest absolute Gasteiger partial charge is 0.345 e. The van der Waals surface area contributed by atoms with Gasteiger partial charge in [0.05, 0.1) is 19.6 Å². The lowest BCUT2D eigenvalue weighted by atomic mass is 9.67. The first kappa shape index (κ1) is 23.2. The van der Waals surface area contributed by atoms with E-state index in [0.717, 1.165) is 45.6 Å². The summed E-state index contributed by atoms with van der Waals surface area (Å²) in [5.41, 5.74) is 5.79. The Balaban J connectivity index is 1.31. The zero-order valence-electron chi connectivity index (χ0n) is 21.4. The summed E-state index contributed by atoms with van der Waals surface area (Å²) in [5, 5.41) is 4.90. The number of piperidine rings is 1. The maximum absolute atomic E-state index is 14.6. The van der Waals surface area contributed by atoms with Crippen LogP contribution in [0.4, 0.5) is 0 Å². The Morgan fingerprint density at radius 3 is 2.57 bits per heavy atom. The Hall–Kier alpha value is -2.17. The number of nitrogens with two attached hydrogens (primary N) is 2. The van der Waals surface area contributed by atoms with Crippen LogP contribution in [0, 0.1) is 18.8 Å². The van der Waals surface area contributed by atoms with Crippen LogP contribution in [0.3, 0.4) is 0 Å². The first-order valence-electron chi connectivity index (χ1n) is 14.2. The minimum Gasteiger partial charge on any atom is -0.345 e. The van der Waals surface area contributed by atoms with Crippen molar-refractivity contribution in [2.75, 3.05) is 26.2 Å². The number of hydrogen-bond acceptors (Lipinski definition) is 1. The van der Waals surface area contributed by atoms with Gasteiger partial charge in [-0.05, 0) is 61.1 Å². The summed E-state index contributed by atoms with van der Waals surface area (Å²) in [4.78, 5) is 17.0. The van der Waals surface area contributed by atoms with E-state index in [1.807, 2.05) is 0 Å². The smallest absolute Gasteiger partial charge is 0.233 e. The summed E-state index contributed by atoms with van der Waals surface area (Å²) < 4.78 is 0. The summed E-state index contributed by atoms with van der Waals surface area (Å²) >= 11 is 0. The monoisotopic (exact) mass is 473 g/mol. The van der Waals surface area contributed by atoms with Gasteiger partial charge in [-0.2, -0.15) is 0 Å². The molecule has 1 unspecified atom stereocenters. The molecular weight excluding hydrogens is 430 g/mol. The maximum Gasteiger partial charge on any atom is 0.233 e. The van der Waals surface area contributed by atoms with E-state index in [0.29, 0.717) is 23.8 Å². The lowest BCUT2D eigenvalue weighted by Gasteiger charge is -2.47. The molecule has 1 saturated carbocycles. The fourth-order valence-electron chi connectivity index (χ4n) is 8.22. The van der Waals surface area contributed by atoms with Gasteiger partial charge in [0.1, 0.15) is 17.9 Å². The maximum atomic E-state index is 14.6. The van der Waals surface area contributed by atoms with Crippen LogP contribution >= 0.6 is 0 Å². The van der Waals surface area contributed by atoms with Gasteiger partial charge < -0.3 is 15.5 Å². The number of benzene rings is 2. The quantitative estimate of drug-likeness (QED) is 0.708. The Labute approximate surface area is 210 Å². The van der Waals surface area contributed by atoms with Crippen LogP contribution in [-0.4, -0.2) is 43.0 Å². The molecule has 0 bridgehead atoms. The molecule has 0 aromatic heterocycles. The zero-order chi connectivity index (χ0) is 23.8. The second kappa shape index (κ2) is 9.71. The van der Waals surface area contributed by atoms with Crippen molar-refractivity contribution < 1.29 is 15.4 Å². The molecule has 4 aliphatic rings. The molecule has 2 saturated heterocycles. The minimum absolute atomic E-state index is 0.0237. The molecule has 1 spiro atoms. The van der Waals surface area contributed by atoms with Crippen LogP contribution < -0.4 is 10.6 Å². The SMILES string of the molecule is Cc1cccc2c1C[NH2+]C[C@]21C[NH2+]CC1C(=O)N1CC[C@@H](c2ccccc2)C[C@H]1C1CCCCC1. The lowest BCUT2D eigenvalue weighted by Crippen LogP contribution is -2.91. The van der Waals surface area contributed by atoms with Gasteiger partial charge in [0.2, 0.25) is 5.91 Å². The topological polar surface area (TPSA) is 53.5 Å². The molecule has 4 atom stereocenters. The minimum atomic E-state index is -0.0237. The van der Waals surface area contributed by atoms with Crippen LogP contribution in [0.2, 0.25) is 0 Å². The van der Waals surface area contributed by atoms with Crippen LogP contribution in [0.5, 0.6) is 0 Å². The molecule has 2 aromatic carbocycles. The molecule has 6 rings (SSSR count). The van der Waals surface area contributed by atoms with E-state index in [4.69, 9.17) is 0 Å². The van der Waals surface area contributed by atoms with Gasteiger partial charge in [0.25, 0.3) is 0 Å². The second-order valence-corrected chi connectivity index (χ2v) is 11.9. The summed E-state index contributed by atoms with van der Waals surface area (Å²) in [6.07, 6.45) is 8.88. The molecular formula is C31H43N3O+2. The lowest BCUT2D eigenvalue weighted by molar-refractivity contribution is -0.691. The molecule has 4 N–H and O–H groups in total. The van der Waals surface area contributed by atoms with Crippen molar-refractivity contribution >= 4 is 5.91 Å². The molecule has 0 radical (unpaired) electrons. The number of amides is 1. The van der Waals surface area contributed by atoms with Crippen molar-refractivity contribution in [1.82, 2.24) is 4.90 Å². The predicted octanol–water partition coefficient (Wildman–Crippen LogP) is 2.86. The fraction of sp³-hybridized carbons (Fsp3) is 0.581. The standard InChI is InChI=1S/C31H41N3O/c1-22-9-8-14-27-26(22)18-32-20-31(27)21-33-19-28(31)30(35)34-16-15-25(23-10-4-2-5-11-23)17-29(34)24-12-6-3-7-13-24/h2,4-5,8-11,14,24-25,28-29,32-33H,3,6-7,12-13,15-21H2,1H3/p+2/t25-,28?,29+,31+/m1/s1. The normalized spacial score (nSPS) is 31.5. The number of carbonyl (C=O) groups is 1. The summed E-state index contributed by atoms with van der Waals surface area (Å²) in [7, 11) is 0. The number of likely N-dealkylation sites (tertiary alicyclic amines) is 1. The van der Waals surface area contributed by atoms with E-state index < -0.39 is 0 Å². The third kappa shape index (κ3) is 4.13. The van der Waals surface area contributed by atoms with Gasteiger partial charge in [0, 0.05) is 18.2 Å². The predicted molar refractivity (Wildman–Crippen MR) is 139 cm³/mol. The summed E-state index contributed by atoms with van der Waals surface area (Å²) in [5.74, 6) is 1.82. The molecule has 3 heterocycles. The number of carbonyl (C=O) groups excluding carboxylic acids is 1. The van der Waals surface area contributed by atoms with E-state index in [9.17, 15) is 4.79 Å². The van der Waals surface area contributed by atoms with E-state index in [-0.39, 0.29) is 11.3 Å². The Kier molecular flexibility index (Phi) is 6.45. The summed E-state index contributed by atoms with van der Waals surface area (Å²) in [6.45, 7) is 7.26. The molecule has 3 aliphatic heterocycles. The van der Waals surface area contributed by atoms with Gasteiger partial charge in [-0.3, -0.25) is 4.79 Å². The van der Waals surface area contributed by atoms with Crippen molar-refractivity contribution in [3.05, 3.63) is 70.8 Å². The van der Waals surface area contributed by atoms with Crippen molar-refractivity contribution in [2.24, 2.45) is 11.8 Å². The molecule has 1 aliphatic carbocycles. The molecule has 3 fully saturated rings. The van der Waals surface area contributed by atoms with Crippen molar-refractivity contribution in [2.45, 2.75) is 75.8 Å². The Morgan fingerprint density at radius 1 is 0.943 bits per heavy atom. The molecule has 4 heteroatoms. The van der Waals surface area contributed by atoms with Crippen LogP contribution in [0.1, 0.15) is 73.1 Å². The van der Waals surface area contributed by atoms with Crippen LogP contribution in [0.15, 0.2) is 48.5 Å². The molecule has 4 nitrogen and oxygen atoms in total. The van der Waals surface area contributed by atoms with Gasteiger partial charge in [-0.15, -0.1) is 0 Å². The second-order valence-electron chi connectivity index (χ2n) is 11.9. The number of aryl methyl sites for hydroxylation is 1. The van der Waals surface area contributed by atoms with Crippen molar-refractivity contribution in [3.63, 3.8) is 0 Å². The van der Waals surface area contributed by atoms with Gasteiger partial charge in [-0.25, -0.2) is 0 Å². The average Bonchev–Trinajstić information content (AvgIpc) is 3.33. The third-order valence-electron chi connectivity index (χ3n) is 10.1. The number of fused-ring (bicyclic) bond motifs is 2. The van der Waals surface area contributed by atoms with Crippen LogP contribution in [-0.2, 0) is 16.8 Å². The van der Waals surface area contributed by atoms with Crippen molar-refractivity contribution in [1.29, 1.82) is 0 Å². The first-order chi connectivity index (χ1) is 17.2. The average molecular weight is 474 g/mol. The first-order valence-corrected chi connectivity index (χ1v) is 14.2. The van der Waals surface area contributed by atoms with E-state index >= 15 is 0 Å². The molecule has 35 heavy (non-hydrogen) atoms.